The Hall–Kier alpha value is -1.35. The normalized spacial score (nSPS) is 21.8. The van der Waals surface area contributed by atoms with Crippen molar-refractivity contribution >= 4 is 5.91 Å². The van der Waals surface area contributed by atoms with Gasteiger partial charge in [0.2, 0.25) is 5.91 Å². The van der Waals surface area contributed by atoms with E-state index in [2.05, 4.69) is 24.3 Å². The number of carbonyl (C=O) groups excluding carboxylic acids is 1. The van der Waals surface area contributed by atoms with E-state index in [9.17, 15) is 4.79 Å². The molecule has 0 radical (unpaired) electrons. The van der Waals surface area contributed by atoms with Gasteiger partial charge in [-0.1, -0.05) is 37.1 Å². The van der Waals surface area contributed by atoms with Crippen molar-refractivity contribution in [2.45, 2.75) is 50.6 Å². The molecular weight excluding hydrogens is 236 g/mol. The molecule has 1 aromatic rings. The predicted octanol–water partition coefficient (Wildman–Crippen LogP) is 2.23. The molecule has 2 aliphatic rings. The van der Waals surface area contributed by atoms with Gasteiger partial charge in [-0.2, -0.15) is 0 Å². The summed E-state index contributed by atoms with van der Waals surface area (Å²) in [5, 5.41) is 0. The van der Waals surface area contributed by atoms with Crippen molar-refractivity contribution in [2.75, 3.05) is 6.54 Å². The lowest BCUT2D eigenvalue weighted by molar-refractivity contribution is -0.137. The molecule has 1 heterocycles. The third kappa shape index (κ3) is 2.39. The maximum absolute atomic E-state index is 12.7. The summed E-state index contributed by atoms with van der Waals surface area (Å²) >= 11 is 0. The van der Waals surface area contributed by atoms with Crippen LogP contribution in [0.4, 0.5) is 0 Å². The van der Waals surface area contributed by atoms with Crippen molar-refractivity contribution in [3.05, 3.63) is 35.4 Å². The van der Waals surface area contributed by atoms with Crippen molar-refractivity contribution in [1.82, 2.24) is 4.90 Å². The Morgan fingerprint density at radius 1 is 1.11 bits per heavy atom. The molecule has 2 N–H and O–H groups in total. The van der Waals surface area contributed by atoms with E-state index in [1.54, 1.807) is 0 Å². The number of rotatable bonds is 1. The van der Waals surface area contributed by atoms with Gasteiger partial charge in [0.1, 0.15) is 0 Å². The van der Waals surface area contributed by atoms with E-state index in [-0.39, 0.29) is 5.91 Å². The zero-order chi connectivity index (χ0) is 13.3. The Morgan fingerprint density at radius 3 is 2.53 bits per heavy atom. The molecule has 3 heteroatoms. The molecule has 0 spiro atoms. The zero-order valence-corrected chi connectivity index (χ0v) is 11.4. The molecule has 1 saturated carbocycles. The second-order valence-electron chi connectivity index (χ2n) is 5.96. The fourth-order valence-electron chi connectivity index (χ4n) is 3.41. The van der Waals surface area contributed by atoms with E-state index in [0.29, 0.717) is 0 Å². The van der Waals surface area contributed by atoms with Crippen molar-refractivity contribution in [1.29, 1.82) is 0 Å². The number of carbonyl (C=O) groups is 1. The van der Waals surface area contributed by atoms with Crippen LogP contribution in [-0.4, -0.2) is 22.9 Å². The highest BCUT2D eigenvalue weighted by atomic mass is 16.2. The molecule has 0 bridgehead atoms. The molecule has 102 valence electrons. The van der Waals surface area contributed by atoms with Gasteiger partial charge in [-0.25, -0.2) is 0 Å². The summed E-state index contributed by atoms with van der Waals surface area (Å²) in [5.74, 6) is 0.168. The lowest BCUT2D eigenvalue weighted by atomic mass is 9.97. The van der Waals surface area contributed by atoms with Crippen LogP contribution >= 0.6 is 0 Å². The number of amides is 1. The van der Waals surface area contributed by atoms with Crippen LogP contribution in [0.5, 0.6) is 0 Å². The van der Waals surface area contributed by atoms with Gasteiger partial charge in [-0.3, -0.25) is 4.79 Å². The lowest BCUT2D eigenvalue weighted by Gasteiger charge is -2.31. The molecule has 1 aliphatic carbocycles. The van der Waals surface area contributed by atoms with Crippen molar-refractivity contribution in [2.24, 2.45) is 5.73 Å². The number of benzene rings is 1. The van der Waals surface area contributed by atoms with Gasteiger partial charge in [0.25, 0.3) is 0 Å². The fourth-order valence-corrected chi connectivity index (χ4v) is 3.41. The number of nitrogens with two attached hydrogens (primary N) is 1. The topological polar surface area (TPSA) is 46.3 Å². The summed E-state index contributed by atoms with van der Waals surface area (Å²) in [6, 6.07) is 8.45. The first kappa shape index (κ1) is 12.7. The summed E-state index contributed by atoms with van der Waals surface area (Å²) in [4.78, 5) is 14.7. The van der Waals surface area contributed by atoms with Gasteiger partial charge in [0, 0.05) is 13.1 Å². The van der Waals surface area contributed by atoms with Gasteiger partial charge < -0.3 is 10.6 Å². The van der Waals surface area contributed by atoms with Crippen LogP contribution in [0.2, 0.25) is 0 Å². The van der Waals surface area contributed by atoms with Crippen LogP contribution in [0.3, 0.4) is 0 Å². The molecule has 1 amide bonds. The Labute approximate surface area is 114 Å². The van der Waals surface area contributed by atoms with E-state index in [1.807, 2.05) is 4.90 Å². The Bertz CT molecular complexity index is 477. The largest absolute Gasteiger partial charge is 0.337 e. The van der Waals surface area contributed by atoms with Crippen LogP contribution in [0.25, 0.3) is 0 Å². The molecule has 3 rings (SSSR count). The van der Waals surface area contributed by atoms with Crippen LogP contribution in [-0.2, 0) is 17.8 Å². The minimum Gasteiger partial charge on any atom is -0.337 e. The summed E-state index contributed by atoms with van der Waals surface area (Å²) in [7, 11) is 0. The van der Waals surface area contributed by atoms with E-state index in [4.69, 9.17) is 5.73 Å². The van der Waals surface area contributed by atoms with E-state index in [0.717, 1.165) is 51.6 Å². The molecule has 0 unspecified atom stereocenters. The maximum atomic E-state index is 12.7. The average Bonchev–Trinajstić information content (AvgIpc) is 2.76. The number of aryl methyl sites for hydroxylation is 1. The zero-order valence-electron chi connectivity index (χ0n) is 11.4. The van der Waals surface area contributed by atoms with Crippen molar-refractivity contribution in [3.8, 4) is 0 Å². The SMILES string of the molecule is NC1(C(=O)N2CCCc3ccccc3C2)CCCC1. The second-order valence-corrected chi connectivity index (χ2v) is 5.96. The number of fused-ring (bicyclic) bond motifs is 1. The Balaban J connectivity index is 1.81. The summed E-state index contributed by atoms with van der Waals surface area (Å²) in [6.45, 7) is 1.57. The first-order valence-electron chi connectivity index (χ1n) is 7.34. The van der Waals surface area contributed by atoms with Gasteiger partial charge in [-0.05, 0) is 36.8 Å². The molecule has 1 fully saturated rings. The van der Waals surface area contributed by atoms with Crippen LogP contribution in [0, 0.1) is 0 Å². The minimum absolute atomic E-state index is 0.168. The highest BCUT2D eigenvalue weighted by molar-refractivity contribution is 5.86. The smallest absolute Gasteiger partial charge is 0.242 e. The quantitative estimate of drug-likeness (QED) is 0.839. The van der Waals surface area contributed by atoms with Crippen LogP contribution < -0.4 is 5.73 Å². The first-order valence-corrected chi connectivity index (χ1v) is 7.34. The van der Waals surface area contributed by atoms with E-state index in [1.165, 1.54) is 11.1 Å². The molecule has 0 saturated heterocycles. The highest BCUT2D eigenvalue weighted by Gasteiger charge is 2.40. The minimum atomic E-state index is -0.584. The Kier molecular flexibility index (Phi) is 3.31. The van der Waals surface area contributed by atoms with Gasteiger partial charge in [0.05, 0.1) is 5.54 Å². The van der Waals surface area contributed by atoms with Crippen molar-refractivity contribution < 1.29 is 4.79 Å². The third-order valence-corrected chi connectivity index (χ3v) is 4.56. The molecule has 19 heavy (non-hydrogen) atoms. The Morgan fingerprint density at radius 2 is 1.79 bits per heavy atom. The predicted molar refractivity (Wildman–Crippen MR) is 75.6 cm³/mol. The molecule has 0 atom stereocenters. The molecule has 0 aromatic heterocycles. The summed E-state index contributed by atoms with van der Waals surface area (Å²) in [6.07, 6.45) is 5.99. The second kappa shape index (κ2) is 4.97. The number of nitrogens with zero attached hydrogens (tertiary/aromatic N) is 1. The maximum Gasteiger partial charge on any atom is 0.242 e. The van der Waals surface area contributed by atoms with Crippen LogP contribution in [0.15, 0.2) is 24.3 Å². The number of hydrogen-bond acceptors (Lipinski definition) is 2. The molecular formula is C16H22N2O. The van der Waals surface area contributed by atoms with Gasteiger partial charge >= 0.3 is 0 Å². The fraction of sp³-hybridized carbons (Fsp3) is 0.562. The lowest BCUT2D eigenvalue weighted by Crippen LogP contribution is -2.53. The van der Waals surface area contributed by atoms with Crippen molar-refractivity contribution in [3.63, 3.8) is 0 Å². The first-order chi connectivity index (χ1) is 9.19. The monoisotopic (exact) mass is 258 g/mol. The van der Waals surface area contributed by atoms with E-state index < -0.39 is 5.54 Å². The van der Waals surface area contributed by atoms with Gasteiger partial charge in [0.15, 0.2) is 0 Å². The third-order valence-electron chi connectivity index (χ3n) is 4.56. The highest BCUT2D eigenvalue weighted by Crippen LogP contribution is 2.30. The molecule has 1 aliphatic heterocycles. The van der Waals surface area contributed by atoms with Crippen LogP contribution in [0.1, 0.15) is 43.2 Å². The molecule has 1 aromatic carbocycles. The summed E-state index contributed by atoms with van der Waals surface area (Å²) in [5.41, 5.74) is 8.40. The average molecular weight is 258 g/mol. The van der Waals surface area contributed by atoms with Gasteiger partial charge in [-0.15, -0.1) is 0 Å². The molecule has 3 nitrogen and oxygen atoms in total. The summed E-state index contributed by atoms with van der Waals surface area (Å²) < 4.78 is 0. The standard InChI is InChI=1S/C16H22N2O/c17-16(9-3-4-10-16)15(19)18-11-5-8-13-6-1-2-7-14(13)12-18/h1-2,6-7H,3-5,8-12,17H2. The number of hydrogen-bond donors (Lipinski definition) is 1. The van der Waals surface area contributed by atoms with E-state index >= 15 is 0 Å².